The van der Waals surface area contributed by atoms with E-state index < -0.39 is 0 Å². The maximum atomic E-state index is 12.1. The van der Waals surface area contributed by atoms with E-state index in [9.17, 15) is 9.59 Å². The first kappa shape index (κ1) is 17.7. The molecule has 2 rings (SSSR count). The number of benzene rings is 1. The van der Waals surface area contributed by atoms with Crippen molar-refractivity contribution in [3.8, 4) is 0 Å². The number of nitrogens with zero attached hydrogens (tertiary/aromatic N) is 2. The Morgan fingerprint density at radius 1 is 1.30 bits per heavy atom. The Morgan fingerprint density at radius 3 is 2.65 bits per heavy atom. The van der Waals surface area contributed by atoms with Crippen LogP contribution in [0, 0.1) is 0 Å². The zero-order chi connectivity index (χ0) is 16.7. The summed E-state index contributed by atoms with van der Waals surface area (Å²) in [4.78, 5) is 27.5. The molecule has 0 bridgehead atoms. The van der Waals surface area contributed by atoms with E-state index in [0.717, 1.165) is 32.8 Å². The first-order valence-electron chi connectivity index (χ1n) is 7.67. The van der Waals surface area contributed by atoms with Crippen molar-refractivity contribution in [2.24, 2.45) is 0 Å². The maximum Gasteiger partial charge on any atom is 0.240 e. The predicted octanol–water partition coefficient (Wildman–Crippen LogP) is 1.14. The lowest BCUT2D eigenvalue weighted by atomic mass is 10.2. The molecular weight excluding hydrogens is 318 g/mol. The van der Waals surface area contributed by atoms with Gasteiger partial charge in [0.05, 0.1) is 23.9 Å². The molecule has 0 aromatic heterocycles. The molecule has 0 spiro atoms. The molecule has 6 nitrogen and oxygen atoms in total. The number of carbonyl (C=O) groups is 2. The predicted molar refractivity (Wildman–Crippen MR) is 89.7 cm³/mol. The van der Waals surface area contributed by atoms with E-state index in [4.69, 9.17) is 16.3 Å². The van der Waals surface area contributed by atoms with Crippen LogP contribution >= 0.6 is 11.6 Å². The molecule has 0 saturated carbocycles. The fraction of sp³-hybridized carbons (Fsp3) is 0.500. The fourth-order valence-electron chi connectivity index (χ4n) is 2.41. The SMILES string of the molecule is CC(=O)N(CC(=O)NCCN1CCOCC1)c1ccccc1Cl. The van der Waals surface area contributed by atoms with Gasteiger partial charge >= 0.3 is 0 Å². The smallest absolute Gasteiger partial charge is 0.240 e. The standard InChI is InChI=1S/C16H22ClN3O3/c1-13(21)20(15-5-3-2-4-14(15)17)12-16(22)18-6-7-19-8-10-23-11-9-19/h2-5H,6-12H2,1H3,(H,18,22). The number of halogens is 1. The molecule has 1 aliphatic rings. The van der Waals surface area contributed by atoms with Gasteiger partial charge in [0.2, 0.25) is 11.8 Å². The molecule has 23 heavy (non-hydrogen) atoms. The second kappa shape index (κ2) is 8.86. The van der Waals surface area contributed by atoms with Gasteiger partial charge in [0, 0.05) is 33.1 Å². The van der Waals surface area contributed by atoms with Gasteiger partial charge in [-0.3, -0.25) is 14.5 Å². The zero-order valence-corrected chi connectivity index (χ0v) is 14.0. The number of anilines is 1. The number of morpholine rings is 1. The number of ether oxygens (including phenoxy) is 1. The average Bonchev–Trinajstić information content (AvgIpc) is 2.54. The molecule has 1 saturated heterocycles. The summed E-state index contributed by atoms with van der Waals surface area (Å²) in [5, 5.41) is 3.29. The van der Waals surface area contributed by atoms with Gasteiger partial charge in [-0.15, -0.1) is 0 Å². The molecule has 1 heterocycles. The van der Waals surface area contributed by atoms with Crippen LogP contribution in [0.1, 0.15) is 6.92 Å². The number of hydrogen-bond donors (Lipinski definition) is 1. The molecule has 0 unspecified atom stereocenters. The van der Waals surface area contributed by atoms with Crippen LogP contribution in [-0.2, 0) is 14.3 Å². The van der Waals surface area contributed by atoms with Gasteiger partial charge in [0.15, 0.2) is 0 Å². The summed E-state index contributed by atoms with van der Waals surface area (Å²) in [7, 11) is 0. The van der Waals surface area contributed by atoms with Gasteiger partial charge in [-0.2, -0.15) is 0 Å². The van der Waals surface area contributed by atoms with Gasteiger partial charge in [0.1, 0.15) is 6.54 Å². The molecule has 1 fully saturated rings. The van der Waals surface area contributed by atoms with Crippen molar-refractivity contribution in [2.45, 2.75) is 6.92 Å². The molecule has 0 aliphatic carbocycles. The van der Waals surface area contributed by atoms with Crippen LogP contribution < -0.4 is 10.2 Å². The first-order chi connectivity index (χ1) is 11.1. The second-order valence-corrected chi connectivity index (χ2v) is 5.77. The van der Waals surface area contributed by atoms with Crippen molar-refractivity contribution in [3.05, 3.63) is 29.3 Å². The summed E-state index contributed by atoms with van der Waals surface area (Å²) < 4.78 is 5.28. The lowest BCUT2D eigenvalue weighted by Gasteiger charge is -2.27. The molecular formula is C16H22ClN3O3. The number of para-hydroxylation sites is 1. The van der Waals surface area contributed by atoms with E-state index in [1.54, 1.807) is 24.3 Å². The minimum atomic E-state index is -0.221. The van der Waals surface area contributed by atoms with E-state index in [2.05, 4.69) is 10.2 Å². The van der Waals surface area contributed by atoms with Gasteiger partial charge < -0.3 is 15.0 Å². The lowest BCUT2D eigenvalue weighted by Crippen LogP contribution is -2.44. The van der Waals surface area contributed by atoms with Gasteiger partial charge in [-0.05, 0) is 12.1 Å². The van der Waals surface area contributed by atoms with Crippen LogP contribution in [0.5, 0.6) is 0 Å². The highest BCUT2D eigenvalue weighted by Gasteiger charge is 2.18. The summed E-state index contributed by atoms with van der Waals surface area (Å²) >= 11 is 6.11. The topological polar surface area (TPSA) is 61.9 Å². The third-order valence-electron chi connectivity index (χ3n) is 3.68. The van der Waals surface area contributed by atoms with Crippen LogP contribution in [-0.4, -0.2) is 62.7 Å². The monoisotopic (exact) mass is 339 g/mol. The van der Waals surface area contributed by atoms with Gasteiger partial charge in [-0.1, -0.05) is 23.7 Å². The molecule has 1 aromatic carbocycles. The average molecular weight is 340 g/mol. The van der Waals surface area contributed by atoms with E-state index in [1.165, 1.54) is 11.8 Å². The normalized spacial score (nSPS) is 15.2. The Kier molecular flexibility index (Phi) is 6.83. The van der Waals surface area contributed by atoms with Crippen LogP contribution in [0.2, 0.25) is 5.02 Å². The molecule has 1 aliphatic heterocycles. The Labute approximate surface area is 141 Å². The summed E-state index contributed by atoms with van der Waals surface area (Å²) in [5.74, 6) is -0.421. The van der Waals surface area contributed by atoms with Crippen molar-refractivity contribution in [1.29, 1.82) is 0 Å². The number of rotatable bonds is 6. The number of amides is 2. The summed E-state index contributed by atoms with van der Waals surface area (Å²) in [5.41, 5.74) is 0.546. The largest absolute Gasteiger partial charge is 0.379 e. The van der Waals surface area contributed by atoms with Crippen LogP contribution in [0.4, 0.5) is 5.69 Å². The third-order valence-corrected chi connectivity index (χ3v) is 4.00. The Balaban J connectivity index is 1.84. The summed E-state index contributed by atoms with van der Waals surface area (Å²) in [6.45, 7) is 5.95. The van der Waals surface area contributed by atoms with E-state index in [0.29, 0.717) is 17.3 Å². The third kappa shape index (κ3) is 5.49. The van der Waals surface area contributed by atoms with E-state index in [-0.39, 0.29) is 18.4 Å². The highest BCUT2D eigenvalue weighted by atomic mass is 35.5. The van der Waals surface area contributed by atoms with Crippen molar-refractivity contribution >= 4 is 29.1 Å². The van der Waals surface area contributed by atoms with Crippen LogP contribution in [0.15, 0.2) is 24.3 Å². The lowest BCUT2D eigenvalue weighted by molar-refractivity contribution is -0.123. The van der Waals surface area contributed by atoms with Crippen molar-refractivity contribution in [1.82, 2.24) is 10.2 Å². The minimum absolute atomic E-state index is 0.0395. The maximum absolute atomic E-state index is 12.1. The Morgan fingerprint density at radius 2 is 2.00 bits per heavy atom. The highest BCUT2D eigenvalue weighted by molar-refractivity contribution is 6.33. The molecule has 1 aromatic rings. The Hall–Kier alpha value is -1.63. The van der Waals surface area contributed by atoms with Crippen molar-refractivity contribution < 1.29 is 14.3 Å². The van der Waals surface area contributed by atoms with Gasteiger partial charge in [-0.25, -0.2) is 0 Å². The molecule has 2 amide bonds. The first-order valence-corrected chi connectivity index (χ1v) is 8.05. The number of carbonyl (C=O) groups excluding carboxylic acids is 2. The fourth-order valence-corrected chi connectivity index (χ4v) is 2.65. The summed E-state index contributed by atoms with van der Waals surface area (Å²) in [6, 6.07) is 6.99. The minimum Gasteiger partial charge on any atom is -0.379 e. The van der Waals surface area contributed by atoms with E-state index >= 15 is 0 Å². The van der Waals surface area contributed by atoms with Crippen LogP contribution in [0.25, 0.3) is 0 Å². The molecule has 0 atom stereocenters. The number of nitrogens with one attached hydrogen (secondary N) is 1. The quantitative estimate of drug-likeness (QED) is 0.844. The van der Waals surface area contributed by atoms with Gasteiger partial charge in [0.25, 0.3) is 0 Å². The number of hydrogen-bond acceptors (Lipinski definition) is 4. The highest BCUT2D eigenvalue weighted by Crippen LogP contribution is 2.25. The second-order valence-electron chi connectivity index (χ2n) is 5.36. The zero-order valence-electron chi connectivity index (χ0n) is 13.3. The van der Waals surface area contributed by atoms with Crippen LogP contribution in [0.3, 0.4) is 0 Å². The molecule has 1 N–H and O–H groups in total. The summed E-state index contributed by atoms with van der Waals surface area (Å²) in [6.07, 6.45) is 0. The molecule has 0 radical (unpaired) electrons. The Bertz CT molecular complexity index is 547. The van der Waals surface area contributed by atoms with Crippen molar-refractivity contribution in [3.63, 3.8) is 0 Å². The van der Waals surface area contributed by atoms with E-state index in [1.807, 2.05) is 0 Å². The van der Waals surface area contributed by atoms with Crippen molar-refractivity contribution in [2.75, 3.05) is 50.8 Å². The molecule has 7 heteroatoms. The molecule has 126 valence electrons.